The summed E-state index contributed by atoms with van der Waals surface area (Å²) >= 11 is 3.01. The molecule has 1 aliphatic heterocycles. The van der Waals surface area contributed by atoms with Crippen molar-refractivity contribution in [2.45, 2.75) is 44.7 Å². The Morgan fingerprint density at radius 3 is 2.92 bits per heavy atom. The van der Waals surface area contributed by atoms with Crippen molar-refractivity contribution in [2.24, 2.45) is 0 Å². The molecule has 138 valence electrons. The molecule has 26 heavy (non-hydrogen) atoms. The van der Waals surface area contributed by atoms with Crippen LogP contribution < -0.4 is 10.6 Å². The van der Waals surface area contributed by atoms with Gasteiger partial charge in [-0.3, -0.25) is 19.8 Å². The van der Waals surface area contributed by atoms with Crippen LogP contribution in [0.2, 0.25) is 0 Å². The zero-order valence-electron chi connectivity index (χ0n) is 14.5. The number of fused-ring (bicyclic) bond motifs is 1. The van der Waals surface area contributed by atoms with Gasteiger partial charge < -0.3 is 5.32 Å². The Morgan fingerprint density at radius 1 is 1.31 bits per heavy atom. The molecule has 6 nitrogen and oxygen atoms in total. The molecule has 2 aromatic rings. The average molecular weight is 391 g/mol. The monoisotopic (exact) mass is 390 g/mol. The predicted octanol–water partition coefficient (Wildman–Crippen LogP) is 2.87. The number of rotatable bonds is 5. The van der Waals surface area contributed by atoms with E-state index in [4.69, 9.17) is 0 Å². The Labute approximate surface area is 160 Å². The fourth-order valence-electron chi connectivity index (χ4n) is 3.55. The fraction of sp³-hybridized carbons (Fsp3) is 0.500. The fourth-order valence-corrected chi connectivity index (χ4v) is 5.23. The van der Waals surface area contributed by atoms with Crippen LogP contribution >= 0.6 is 22.7 Å². The first-order valence-corrected chi connectivity index (χ1v) is 10.8. The number of anilines is 1. The third kappa shape index (κ3) is 4.13. The highest BCUT2D eigenvalue weighted by molar-refractivity contribution is 7.16. The lowest BCUT2D eigenvalue weighted by molar-refractivity contribution is -0.123. The predicted molar refractivity (Wildman–Crippen MR) is 104 cm³/mol. The van der Waals surface area contributed by atoms with E-state index in [1.54, 1.807) is 6.07 Å². The molecule has 0 radical (unpaired) electrons. The van der Waals surface area contributed by atoms with Crippen LogP contribution in [0.1, 0.15) is 46.6 Å². The van der Waals surface area contributed by atoms with Crippen molar-refractivity contribution < 1.29 is 9.59 Å². The summed E-state index contributed by atoms with van der Waals surface area (Å²) in [5.41, 5.74) is 1.71. The average Bonchev–Trinajstić information content (AvgIpc) is 3.35. The molecular formula is C18H22N4O2S2. The van der Waals surface area contributed by atoms with Gasteiger partial charge in [-0.05, 0) is 24.3 Å². The normalized spacial score (nSPS) is 17.8. The van der Waals surface area contributed by atoms with Crippen LogP contribution in [0.15, 0.2) is 16.8 Å². The number of hydrogen-bond donors (Lipinski definition) is 2. The van der Waals surface area contributed by atoms with Gasteiger partial charge in [0.1, 0.15) is 0 Å². The van der Waals surface area contributed by atoms with Crippen LogP contribution in [0.3, 0.4) is 0 Å². The van der Waals surface area contributed by atoms with Crippen LogP contribution in [0.5, 0.6) is 0 Å². The third-order valence-electron chi connectivity index (χ3n) is 4.90. The number of carbonyl (C=O) groups excluding carboxylic acids is 2. The maximum absolute atomic E-state index is 12.2. The molecule has 4 rings (SSSR count). The van der Waals surface area contributed by atoms with E-state index in [2.05, 4.69) is 20.5 Å². The minimum Gasteiger partial charge on any atom is -0.352 e. The third-order valence-corrected chi connectivity index (χ3v) is 6.58. The summed E-state index contributed by atoms with van der Waals surface area (Å²) < 4.78 is 0. The molecule has 2 aliphatic rings. The molecule has 3 heterocycles. The SMILES string of the molecule is O=C(CN1CCc2nc(NC(=O)c3ccsc3)sc2C1)NC1CCCC1. The van der Waals surface area contributed by atoms with Gasteiger partial charge in [-0.1, -0.05) is 12.8 Å². The molecule has 0 saturated heterocycles. The Balaban J connectivity index is 1.32. The number of thiophene rings is 1. The van der Waals surface area contributed by atoms with E-state index in [-0.39, 0.29) is 11.8 Å². The quantitative estimate of drug-likeness (QED) is 0.823. The van der Waals surface area contributed by atoms with E-state index >= 15 is 0 Å². The Hall–Kier alpha value is -1.77. The molecule has 1 fully saturated rings. The van der Waals surface area contributed by atoms with Gasteiger partial charge in [-0.15, -0.1) is 11.3 Å². The molecule has 2 aromatic heterocycles. The van der Waals surface area contributed by atoms with Crippen LogP contribution in [0, 0.1) is 0 Å². The Morgan fingerprint density at radius 2 is 2.15 bits per heavy atom. The second-order valence-electron chi connectivity index (χ2n) is 6.86. The van der Waals surface area contributed by atoms with Crippen molar-refractivity contribution in [1.29, 1.82) is 0 Å². The first kappa shape index (κ1) is 17.6. The molecule has 1 aliphatic carbocycles. The number of amides is 2. The Kier molecular flexibility index (Phi) is 5.33. The molecule has 8 heteroatoms. The van der Waals surface area contributed by atoms with Gasteiger partial charge in [0.05, 0.1) is 17.8 Å². The van der Waals surface area contributed by atoms with E-state index in [1.807, 2.05) is 10.8 Å². The number of nitrogens with one attached hydrogen (secondary N) is 2. The largest absolute Gasteiger partial charge is 0.352 e. The van der Waals surface area contributed by atoms with Gasteiger partial charge in [-0.2, -0.15) is 11.3 Å². The van der Waals surface area contributed by atoms with Crippen molar-refractivity contribution in [3.8, 4) is 0 Å². The first-order valence-electron chi connectivity index (χ1n) is 9.01. The van der Waals surface area contributed by atoms with Crippen molar-refractivity contribution >= 4 is 39.6 Å². The highest BCUT2D eigenvalue weighted by Gasteiger charge is 2.24. The highest BCUT2D eigenvalue weighted by atomic mass is 32.1. The highest BCUT2D eigenvalue weighted by Crippen LogP contribution is 2.28. The lowest BCUT2D eigenvalue weighted by atomic mass is 10.2. The molecular weight excluding hydrogens is 368 g/mol. The summed E-state index contributed by atoms with van der Waals surface area (Å²) in [7, 11) is 0. The molecule has 0 bridgehead atoms. The number of thiazole rings is 1. The summed E-state index contributed by atoms with van der Waals surface area (Å²) in [5, 5.41) is 10.4. The molecule has 0 atom stereocenters. The van der Waals surface area contributed by atoms with Crippen molar-refractivity contribution in [2.75, 3.05) is 18.4 Å². The summed E-state index contributed by atoms with van der Waals surface area (Å²) in [4.78, 5) is 32.3. The molecule has 2 N–H and O–H groups in total. The van der Waals surface area contributed by atoms with Crippen molar-refractivity contribution in [1.82, 2.24) is 15.2 Å². The minimum atomic E-state index is -0.120. The van der Waals surface area contributed by atoms with Crippen LogP contribution in [0.25, 0.3) is 0 Å². The zero-order valence-corrected chi connectivity index (χ0v) is 16.1. The standard InChI is InChI=1S/C18H22N4O2S2/c23-16(19-13-3-1-2-4-13)10-22-7-5-14-15(9-22)26-18(20-14)21-17(24)12-6-8-25-11-12/h6,8,11,13H,1-5,7,9-10H2,(H,19,23)(H,20,21,24). The lowest BCUT2D eigenvalue weighted by Gasteiger charge is -2.25. The van der Waals surface area contributed by atoms with Crippen LogP contribution in [0.4, 0.5) is 5.13 Å². The van der Waals surface area contributed by atoms with E-state index in [0.717, 1.165) is 42.9 Å². The van der Waals surface area contributed by atoms with E-state index in [1.165, 1.54) is 35.5 Å². The molecule has 2 amide bonds. The van der Waals surface area contributed by atoms with Gasteiger partial charge in [0.2, 0.25) is 5.91 Å². The summed E-state index contributed by atoms with van der Waals surface area (Å²) in [6, 6.07) is 2.17. The summed E-state index contributed by atoms with van der Waals surface area (Å²) in [5.74, 6) is 0.000920. The van der Waals surface area contributed by atoms with Gasteiger partial charge in [-0.25, -0.2) is 4.98 Å². The van der Waals surface area contributed by atoms with E-state index < -0.39 is 0 Å². The Bertz CT molecular complexity index is 781. The minimum absolute atomic E-state index is 0.120. The van der Waals surface area contributed by atoms with E-state index in [9.17, 15) is 9.59 Å². The smallest absolute Gasteiger partial charge is 0.258 e. The van der Waals surface area contributed by atoms with E-state index in [0.29, 0.717) is 23.3 Å². The maximum Gasteiger partial charge on any atom is 0.258 e. The molecule has 0 aromatic carbocycles. The van der Waals surface area contributed by atoms with Crippen LogP contribution in [-0.4, -0.2) is 40.8 Å². The van der Waals surface area contributed by atoms with Gasteiger partial charge in [0.25, 0.3) is 5.91 Å². The zero-order chi connectivity index (χ0) is 17.9. The summed E-state index contributed by atoms with van der Waals surface area (Å²) in [6.07, 6.45) is 5.48. The van der Waals surface area contributed by atoms with Gasteiger partial charge in [0.15, 0.2) is 5.13 Å². The van der Waals surface area contributed by atoms with Crippen LogP contribution in [-0.2, 0) is 17.8 Å². The second kappa shape index (κ2) is 7.85. The van der Waals surface area contributed by atoms with Crippen molar-refractivity contribution in [3.05, 3.63) is 33.0 Å². The molecule has 1 saturated carbocycles. The lowest BCUT2D eigenvalue weighted by Crippen LogP contribution is -2.42. The van der Waals surface area contributed by atoms with Gasteiger partial charge in [0, 0.05) is 35.8 Å². The van der Waals surface area contributed by atoms with Gasteiger partial charge >= 0.3 is 0 Å². The first-order chi connectivity index (χ1) is 12.7. The topological polar surface area (TPSA) is 74.3 Å². The number of nitrogens with zero attached hydrogens (tertiary/aromatic N) is 2. The number of aromatic nitrogens is 1. The molecule has 0 unspecified atom stereocenters. The number of carbonyl (C=O) groups is 2. The second-order valence-corrected chi connectivity index (χ2v) is 8.73. The number of hydrogen-bond acceptors (Lipinski definition) is 6. The van der Waals surface area contributed by atoms with Crippen molar-refractivity contribution in [3.63, 3.8) is 0 Å². The summed E-state index contributed by atoms with van der Waals surface area (Å²) in [6.45, 7) is 1.98. The molecule has 0 spiro atoms. The maximum atomic E-state index is 12.2.